The van der Waals surface area contributed by atoms with Crippen LogP contribution in [0.15, 0.2) is 12.5 Å². The molecule has 0 radical (unpaired) electrons. The van der Waals surface area contributed by atoms with Crippen molar-refractivity contribution in [2.75, 3.05) is 20.1 Å². The van der Waals surface area contributed by atoms with Gasteiger partial charge in [0.05, 0.1) is 23.9 Å². The average Bonchev–Trinajstić information content (AvgIpc) is 2.46. The molecule has 3 nitrogen and oxygen atoms in total. The van der Waals surface area contributed by atoms with Crippen LogP contribution in [-0.4, -0.2) is 34.6 Å². The zero-order valence-corrected chi connectivity index (χ0v) is 7.83. The summed E-state index contributed by atoms with van der Waals surface area (Å²) in [6.07, 6.45) is 3.90. The van der Waals surface area contributed by atoms with Crippen molar-refractivity contribution in [3.63, 3.8) is 0 Å². The Balaban J connectivity index is 2.04. The first kappa shape index (κ1) is 8.08. The predicted octanol–water partition coefficient (Wildman–Crippen LogP) is 1.11. The fourth-order valence-electron chi connectivity index (χ4n) is 1.50. The molecule has 0 saturated carbocycles. The molecule has 2 rings (SSSR count). The van der Waals surface area contributed by atoms with E-state index in [1.807, 2.05) is 12.5 Å². The van der Waals surface area contributed by atoms with Crippen molar-refractivity contribution in [1.29, 1.82) is 0 Å². The molecule has 0 unspecified atom stereocenters. The Hall–Kier alpha value is -0.540. The number of aromatic nitrogens is 2. The zero-order valence-electron chi connectivity index (χ0n) is 7.07. The predicted molar refractivity (Wildman–Crippen MR) is 48.3 cm³/mol. The quantitative estimate of drug-likeness (QED) is 0.644. The average molecular weight is 186 g/mol. The van der Waals surface area contributed by atoms with E-state index in [0.717, 1.165) is 18.8 Å². The molecule has 2 heterocycles. The number of likely N-dealkylation sites (tertiary alicyclic amines) is 1. The van der Waals surface area contributed by atoms with E-state index in [9.17, 15) is 0 Å². The second-order valence-electron chi connectivity index (χ2n) is 3.32. The van der Waals surface area contributed by atoms with E-state index in [-0.39, 0.29) is 0 Å². The summed E-state index contributed by atoms with van der Waals surface area (Å²) in [5, 5.41) is 0. The van der Waals surface area contributed by atoms with E-state index in [4.69, 9.17) is 11.6 Å². The molecule has 12 heavy (non-hydrogen) atoms. The summed E-state index contributed by atoms with van der Waals surface area (Å²) in [6, 6.07) is 0.611. The number of nitrogens with zero attached hydrogens (tertiary/aromatic N) is 3. The Bertz CT molecular complexity index is 265. The lowest BCUT2D eigenvalue weighted by Gasteiger charge is -2.36. The number of likely N-dealkylation sites (N-methyl/N-ethyl adjacent to an activating group) is 1. The van der Waals surface area contributed by atoms with Gasteiger partial charge in [0.2, 0.25) is 0 Å². The Kier molecular flexibility index (Phi) is 2.07. The summed E-state index contributed by atoms with van der Waals surface area (Å²) >= 11 is 5.65. The summed E-state index contributed by atoms with van der Waals surface area (Å²) in [4.78, 5) is 6.46. The van der Waals surface area contributed by atoms with E-state index in [0.29, 0.717) is 11.9 Å². The highest BCUT2D eigenvalue weighted by molar-refractivity contribution is 6.16. The standard InChI is InChI=1S/C8H12ClN3/c1-11-4-8(5-11)12-3-7(2-9)10-6-12/h3,6,8H,2,4-5H2,1H3. The zero-order chi connectivity index (χ0) is 8.55. The number of rotatable bonds is 2. The molecule has 1 fully saturated rings. The lowest BCUT2D eigenvalue weighted by molar-refractivity contribution is 0.140. The summed E-state index contributed by atoms with van der Waals surface area (Å²) in [6.45, 7) is 2.25. The molecule has 1 aromatic rings. The molecule has 66 valence electrons. The van der Waals surface area contributed by atoms with Gasteiger partial charge < -0.3 is 9.47 Å². The Morgan fingerprint density at radius 3 is 2.92 bits per heavy atom. The molecule has 4 heteroatoms. The first-order valence-electron chi connectivity index (χ1n) is 4.06. The van der Waals surface area contributed by atoms with Crippen molar-refractivity contribution in [3.05, 3.63) is 18.2 Å². The largest absolute Gasteiger partial charge is 0.332 e. The summed E-state index contributed by atoms with van der Waals surface area (Å²) in [7, 11) is 2.12. The van der Waals surface area contributed by atoms with Crippen LogP contribution < -0.4 is 0 Å². The highest BCUT2D eigenvalue weighted by Crippen LogP contribution is 2.19. The number of hydrogen-bond acceptors (Lipinski definition) is 2. The van der Waals surface area contributed by atoms with Crippen molar-refractivity contribution >= 4 is 11.6 Å². The molecule has 0 N–H and O–H groups in total. The Morgan fingerprint density at radius 2 is 2.42 bits per heavy atom. The van der Waals surface area contributed by atoms with Crippen LogP contribution in [0.3, 0.4) is 0 Å². The van der Waals surface area contributed by atoms with Gasteiger partial charge in [0, 0.05) is 19.3 Å². The molecule has 0 aromatic carbocycles. The van der Waals surface area contributed by atoms with Crippen molar-refractivity contribution in [2.45, 2.75) is 11.9 Å². The monoisotopic (exact) mass is 185 g/mol. The summed E-state index contributed by atoms with van der Waals surface area (Å²) < 4.78 is 2.15. The van der Waals surface area contributed by atoms with Gasteiger partial charge in [0.25, 0.3) is 0 Å². The minimum atomic E-state index is 0.509. The topological polar surface area (TPSA) is 21.1 Å². The highest BCUT2D eigenvalue weighted by Gasteiger charge is 2.24. The van der Waals surface area contributed by atoms with E-state index in [1.54, 1.807) is 0 Å². The van der Waals surface area contributed by atoms with Gasteiger partial charge in [-0.1, -0.05) is 0 Å². The molecule has 0 aliphatic carbocycles. The van der Waals surface area contributed by atoms with Crippen molar-refractivity contribution in [1.82, 2.24) is 14.5 Å². The van der Waals surface area contributed by atoms with E-state index >= 15 is 0 Å². The lowest BCUT2D eigenvalue weighted by atomic mass is 10.1. The van der Waals surface area contributed by atoms with Gasteiger partial charge in [-0.15, -0.1) is 11.6 Å². The molecule has 0 spiro atoms. The second-order valence-corrected chi connectivity index (χ2v) is 3.59. The van der Waals surface area contributed by atoms with Crippen molar-refractivity contribution in [2.24, 2.45) is 0 Å². The Labute approximate surface area is 77.0 Å². The van der Waals surface area contributed by atoms with Crippen LogP contribution in [0.5, 0.6) is 0 Å². The van der Waals surface area contributed by atoms with Gasteiger partial charge in [-0.3, -0.25) is 0 Å². The van der Waals surface area contributed by atoms with Crippen LogP contribution in [0.2, 0.25) is 0 Å². The SMILES string of the molecule is CN1CC(n2cnc(CCl)c2)C1. The van der Waals surface area contributed by atoms with E-state index in [2.05, 4.69) is 21.5 Å². The van der Waals surface area contributed by atoms with Gasteiger partial charge in [-0.25, -0.2) is 4.98 Å². The van der Waals surface area contributed by atoms with Crippen LogP contribution in [0.4, 0.5) is 0 Å². The Morgan fingerprint density at radius 1 is 1.67 bits per heavy atom. The first-order chi connectivity index (χ1) is 5.79. The third-order valence-electron chi connectivity index (χ3n) is 2.26. The second kappa shape index (κ2) is 3.07. The van der Waals surface area contributed by atoms with E-state index in [1.165, 1.54) is 0 Å². The lowest BCUT2D eigenvalue weighted by Crippen LogP contribution is -2.44. The highest BCUT2D eigenvalue weighted by atomic mass is 35.5. The molecule has 0 bridgehead atoms. The van der Waals surface area contributed by atoms with Gasteiger partial charge in [0.15, 0.2) is 0 Å². The fraction of sp³-hybridized carbons (Fsp3) is 0.625. The van der Waals surface area contributed by atoms with Gasteiger partial charge in [0.1, 0.15) is 0 Å². The van der Waals surface area contributed by atoms with Crippen LogP contribution in [0.1, 0.15) is 11.7 Å². The first-order valence-corrected chi connectivity index (χ1v) is 4.60. The van der Waals surface area contributed by atoms with Crippen molar-refractivity contribution in [3.8, 4) is 0 Å². The van der Waals surface area contributed by atoms with Crippen LogP contribution >= 0.6 is 11.6 Å². The van der Waals surface area contributed by atoms with Gasteiger partial charge in [-0.2, -0.15) is 0 Å². The fourth-order valence-corrected chi connectivity index (χ4v) is 1.64. The van der Waals surface area contributed by atoms with Gasteiger partial charge in [-0.05, 0) is 7.05 Å². The number of hydrogen-bond donors (Lipinski definition) is 0. The van der Waals surface area contributed by atoms with Gasteiger partial charge >= 0.3 is 0 Å². The number of halogens is 1. The number of imidazole rings is 1. The van der Waals surface area contributed by atoms with Crippen molar-refractivity contribution < 1.29 is 0 Å². The summed E-state index contributed by atoms with van der Waals surface area (Å²) in [5.41, 5.74) is 0.964. The maximum atomic E-state index is 5.65. The summed E-state index contributed by atoms with van der Waals surface area (Å²) in [5.74, 6) is 0.509. The molecule has 1 aliphatic rings. The van der Waals surface area contributed by atoms with Crippen LogP contribution in [-0.2, 0) is 5.88 Å². The molecule has 1 aliphatic heterocycles. The third-order valence-corrected chi connectivity index (χ3v) is 2.53. The smallest absolute Gasteiger partial charge is 0.0953 e. The number of alkyl halides is 1. The molecule has 1 saturated heterocycles. The molecule has 1 aromatic heterocycles. The maximum Gasteiger partial charge on any atom is 0.0953 e. The van der Waals surface area contributed by atoms with E-state index < -0.39 is 0 Å². The molecule has 0 amide bonds. The minimum Gasteiger partial charge on any atom is -0.332 e. The molecular formula is C8H12ClN3. The molecule has 0 atom stereocenters. The normalized spacial score (nSPS) is 19.5. The van der Waals surface area contributed by atoms with Crippen LogP contribution in [0, 0.1) is 0 Å². The molecular weight excluding hydrogens is 174 g/mol. The third kappa shape index (κ3) is 1.34. The van der Waals surface area contributed by atoms with Crippen LogP contribution in [0.25, 0.3) is 0 Å². The maximum absolute atomic E-state index is 5.65. The minimum absolute atomic E-state index is 0.509.